The van der Waals surface area contributed by atoms with Crippen molar-refractivity contribution >= 4 is 49.1 Å². The molecular formula is C37H31NS. The molecule has 1 nitrogen and oxygen atoms in total. The zero-order chi connectivity index (χ0) is 26.8. The van der Waals surface area contributed by atoms with Gasteiger partial charge in [0.2, 0.25) is 0 Å². The van der Waals surface area contributed by atoms with Crippen LogP contribution in [0.25, 0.3) is 54.6 Å². The van der Waals surface area contributed by atoms with E-state index in [2.05, 4.69) is 143 Å². The number of aliphatic imine (C=N–C) groups is 1. The molecule has 0 aliphatic carbocycles. The largest absolute Gasteiger partial charge is 0.270 e. The Morgan fingerprint density at radius 3 is 1.54 bits per heavy atom. The number of fused-ring (bicyclic) bond motifs is 3. The lowest BCUT2D eigenvalue weighted by Gasteiger charge is -2.30. The number of hydrogen-bond acceptors (Lipinski definition) is 2. The van der Waals surface area contributed by atoms with Crippen molar-refractivity contribution in [1.82, 2.24) is 0 Å². The molecule has 2 heteroatoms. The predicted octanol–water partition coefficient (Wildman–Crippen LogP) is 10.5. The molecule has 39 heavy (non-hydrogen) atoms. The molecule has 0 saturated carbocycles. The van der Waals surface area contributed by atoms with E-state index in [9.17, 15) is 0 Å². The maximum absolute atomic E-state index is 5.10. The molecule has 0 aromatic heterocycles. The van der Waals surface area contributed by atoms with E-state index in [0.717, 1.165) is 5.04 Å². The molecule has 0 amide bonds. The second-order valence-corrected chi connectivity index (χ2v) is 13.1. The van der Waals surface area contributed by atoms with Gasteiger partial charge in [-0.2, -0.15) is 0 Å². The zero-order valence-corrected chi connectivity index (χ0v) is 23.6. The standard InChI is InChI=1S/C37H31NS/c1-36(2)37(3,4)39-35(38-36)26-22-20-25(21-23-26)33-29-15-7-9-17-31(29)34(32-18-10-8-16-30(32)33)28-19-11-13-24-12-5-6-14-27(24)28/h5-23H,1-4H3. The third-order valence-corrected chi connectivity index (χ3v) is 10.1. The van der Waals surface area contributed by atoms with Gasteiger partial charge in [0.25, 0.3) is 0 Å². The number of benzene rings is 6. The van der Waals surface area contributed by atoms with Crippen molar-refractivity contribution in [3.8, 4) is 22.3 Å². The molecule has 6 aromatic rings. The fourth-order valence-corrected chi connectivity index (χ4v) is 7.16. The monoisotopic (exact) mass is 521 g/mol. The fraction of sp³-hybridized carbons (Fsp3) is 0.162. The lowest BCUT2D eigenvalue weighted by molar-refractivity contribution is 0.426. The van der Waals surface area contributed by atoms with Crippen molar-refractivity contribution in [2.45, 2.75) is 38.0 Å². The average molecular weight is 522 g/mol. The van der Waals surface area contributed by atoms with Crippen LogP contribution in [0, 0.1) is 0 Å². The first-order valence-corrected chi connectivity index (χ1v) is 14.5. The minimum Gasteiger partial charge on any atom is -0.270 e. The Kier molecular flexibility index (Phi) is 5.47. The van der Waals surface area contributed by atoms with Crippen LogP contribution in [0.15, 0.2) is 120 Å². The van der Waals surface area contributed by atoms with Gasteiger partial charge < -0.3 is 0 Å². The van der Waals surface area contributed by atoms with E-state index in [1.807, 2.05) is 11.8 Å². The van der Waals surface area contributed by atoms with Gasteiger partial charge in [0.05, 0.1) is 10.6 Å². The van der Waals surface area contributed by atoms with Crippen molar-refractivity contribution in [2.24, 2.45) is 4.99 Å². The molecule has 0 saturated heterocycles. The van der Waals surface area contributed by atoms with Crippen molar-refractivity contribution in [3.63, 3.8) is 0 Å². The van der Waals surface area contributed by atoms with Gasteiger partial charge in [-0.15, -0.1) is 0 Å². The van der Waals surface area contributed by atoms with Crippen LogP contribution in [0.3, 0.4) is 0 Å². The Balaban J connectivity index is 1.47. The smallest absolute Gasteiger partial charge is 0.0990 e. The summed E-state index contributed by atoms with van der Waals surface area (Å²) in [4.78, 5) is 5.10. The Morgan fingerprint density at radius 2 is 0.974 bits per heavy atom. The molecule has 0 radical (unpaired) electrons. The van der Waals surface area contributed by atoms with Crippen molar-refractivity contribution in [3.05, 3.63) is 121 Å². The number of thioether (sulfide) groups is 1. The highest BCUT2D eigenvalue weighted by Gasteiger charge is 2.44. The van der Waals surface area contributed by atoms with Gasteiger partial charge in [-0.3, -0.25) is 4.99 Å². The van der Waals surface area contributed by atoms with E-state index in [-0.39, 0.29) is 10.3 Å². The van der Waals surface area contributed by atoms with Crippen molar-refractivity contribution in [1.29, 1.82) is 0 Å². The minimum absolute atomic E-state index is 0.0743. The molecule has 1 heterocycles. The molecular weight excluding hydrogens is 490 g/mol. The third kappa shape index (κ3) is 3.81. The number of nitrogens with zero attached hydrogens (tertiary/aromatic N) is 1. The van der Waals surface area contributed by atoms with Crippen LogP contribution in [0.4, 0.5) is 0 Å². The van der Waals surface area contributed by atoms with Crippen LogP contribution < -0.4 is 0 Å². The van der Waals surface area contributed by atoms with Crippen LogP contribution in [0.2, 0.25) is 0 Å². The van der Waals surface area contributed by atoms with E-state index < -0.39 is 0 Å². The minimum atomic E-state index is -0.0878. The molecule has 0 fully saturated rings. The molecule has 6 aromatic carbocycles. The number of rotatable bonds is 3. The molecule has 190 valence electrons. The Morgan fingerprint density at radius 1 is 0.487 bits per heavy atom. The fourth-order valence-electron chi connectivity index (χ4n) is 5.85. The third-order valence-electron chi connectivity index (χ3n) is 8.62. The topological polar surface area (TPSA) is 12.4 Å². The van der Waals surface area contributed by atoms with Crippen LogP contribution in [0.1, 0.15) is 33.3 Å². The Hall–Kier alpha value is -3.88. The van der Waals surface area contributed by atoms with E-state index in [4.69, 9.17) is 4.99 Å². The summed E-state index contributed by atoms with van der Waals surface area (Å²) in [6.07, 6.45) is 0. The van der Waals surface area contributed by atoms with Crippen LogP contribution in [-0.4, -0.2) is 15.3 Å². The van der Waals surface area contributed by atoms with Gasteiger partial charge in [-0.1, -0.05) is 127 Å². The molecule has 1 aliphatic rings. The van der Waals surface area contributed by atoms with Crippen molar-refractivity contribution < 1.29 is 0 Å². The molecule has 0 bridgehead atoms. The summed E-state index contributed by atoms with van der Waals surface area (Å²) in [5.41, 5.74) is 6.22. The predicted molar refractivity (Wildman–Crippen MR) is 172 cm³/mol. The van der Waals surface area contributed by atoms with Gasteiger partial charge >= 0.3 is 0 Å². The van der Waals surface area contributed by atoms with Crippen LogP contribution in [-0.2, 0) is 0 Å². The molecule has 0 unspecified atom stereocenters. The van der Waals surface area contributed by atoms with E-state index in [1.165, 1.54) is 60.1 Å². The van der Waals surface area contributed by atoms with E-state index in [1.54, 1.807) is 0 Å². The number of hydrogen-bond donors (Lipinski definition) is 0. The summed E-state index contributed by atoms with van der Waals surface area (Å²) in [6, 6.07) is 42.2. The zero-order valence-electron chi connectivity index (χ0n) is 22.8. The summed E-state index contributed by atoms with van der Waals surface area (Å²) in [5.74, 6) is 0. The van der Waals surface area contributed by atoms with Crippen molar-refractivity contribution in [2.75, 3.05) is 0 Å². The molecule has 0 N–H and O–H groups in total. The normalized spacial score (nSPS) is 16.2. The summed E-state index contributed by atoms with van der Waals surface area (Å²) in [6.45, 7) is 9.05. The van der Waals surface area contributed by atoms with Gasteiger partial charge in [-0.05, 0) is 82.3 Å². The van der Waals surface area contributed by atoms with E-state index >= 15 is 0 Å². The molecule has 0 spiro atoms. The average Bonchev–Trinajstić information content (AvgIpc) is 3.18. The first-order chi connectivity index (χ1) is 18.8. The molecule has 7 rings (SSSR count). The maximum Gasteiger partial charge on any atom is 0.0990 e. The highest BCUT2D eigenvalue weighted by molar-refractivity contribution is 8.15. The van der Waals surface area contributed by atoms with Crippen LogP contribution in [0.5, 0.6) is 0 Å². The SMILES string of the molecule is CC1(C)N=C(c2ccc(-c3c4ccccc4c(-c4cccc5ccccc45)c4ccccc34)cc2)SC1(C)C. The highest BCUT2D eigenvalue weighted by Crippen LogP contribution is 2.48. The lowest BCUT2D eigenvalue weighted by atomic mass is 9.84. The van der Waals surface area contributed by atoms with Crippen LogP contribution >= 0.6 is 11.8 Å². The Labute approximate surface area is 234 Å². The second kappa shape index (κ2) is 8.83. The molecule has 0 atom stereocenters. The Bertz CT molecular complexity index is 1860. The van der Waals surface area contributed by atoms with E-state index in [0.29, 0.717) is 0 Å². The summed E-state index contributed by atoms with van der Waals surface area (Å²) < 4.78 is 0.0743. The van der Waals surface area contributed by atoms with Gasteiger partial charge in [0, 0.05) is 10.3 Å². The quantitative estimate of drug-likeness (QED) is 0.211. The highest BCUT2D eigenvalue weighted by atomic mass is 32.2. The summed E-state index contributed by atoms with van der Waals surface area (Å²) in [7, 11) is 0. The first-order valence-electron chi connectivity index (χ1n) is 13.7. The lowest BCUT2D eigenvalue weighted by Crippen LogP contribution is -2.36. The first kappa shape index (κ1) is 24.2. The summed E-state index contributed by atoms with van der Waals surface area (Å²) >= 11 is 1.89. The van der Waals surface area contributed by atoms with Gasteiger partial charge in [0.1, 0.15) is 0 Å². The van der Waals surface area contributed by atoms with Gasteiger partial charge in [0.15, 0.2) is 0 Å². The summed E-state index contributed by atoms with van der Waals surface area (Å²) in [5, 5.41) is 8.81. The second-order valence-electron chi connectivity index (χ2n) is 11.5. The molecule has 1 aliphatic heterocycles. The maximum atomic E-state index is 5.10. The van der Waals surface area contributed by atoms with Gasteiger partial charge in [-0.25, -0.2) is 0 Å².